The Morgan fingerprint density at radius 3 is 2.00 bits per heavy atom. The highest BCUT2D eigenvalue weighted by Gasteiger charge is 2.48. The van der Waals surface area contributed by atoms with Gasteiger partial charge in [-0.1, -0.05) is 39.8 Å². The molecule has 0 amide bonds. The van der Waals surface area contributed by atoms with Crippen LogP contribution in [-0.2, 0) is 16.0 Å². The van der Waals surface area contributed by atoms with E-state index in [9.17, 15) is 14.7 Å². The zero-order chi connectivity index (χ0) is 25.0. The molecule has 0 fully saturated rings. The van der Waals surface area contributed by atoms with Crippen molar-refractivity contribution in [1.82, 2.24) is 4.90 Å². The number of rotatable bonds is 5. The first-order valence-electron chi connectivity index (χ1n) is 12.2. The smallest absolute Gasteiger partial charge is 0.162 e. The fourth-order valence-corrected chi connectivity index (χ4v) is 6.09. The van der Waals surface area contributed by atoms with E-state index in [1.165, 1.54) is 7.11 Å². The molecule has 0 bridgehead atoms. The highest BCUT2D eigenvalue weighted by atomic mass is 16.5. The summed E-state index contributed by atoms with van der Waals surface area (Å²) in [6.45, 7) is 15.2. The van der Waals surface area contributed by atoms with Crippen molar-refractivity contribution in [2.75, 3.05) is 13.7 Å². The molecule has 0 radical (unpaired) electrons. The van der Waals surface area contributed by atoms with E-state index in [-0.39, 0.29) is 28.1 Å². The Morgan fingerprint density at radius 2 is 1.56 bits per heavy atom. The molecule has 0 unspecified atom stereocenters. The molecule has 1 N–H and O–H groups in total. The van der Waals surface area contributed by atoms with Crippen LogP contribution in [0.2, 0.25) is 0 Å². The van der Waals surface area contributed by atoms with Gasteiger partial charge in [-0.05, 0) is 48.6 Å². The Morgan fingerprint density at radius 1 is 1.03 bits per heavy atom. The number of ketones is 2. The number of carbonyl (C=O) groups excluding carboxylic acids is 2. The Hall–Kier alpha value is -2.82. The summed E-state index contributed by atoms with van der Waals surface area (Å²) in [4.78, 5) is 29.7. The lowest BCUT2D eigenvalue weighted by Gasteiger charge is -2.49. The van der Waals surface area contributed by atoms with Crippen LogP contribution < -0.4 is 4.74 Å². The maximum Gasteiger partial charge on any atom is 0.162 e. The second kappa shape index (κ2) is 8.44. The van der Waals surface area contributed by atoms with Gasteiger partial charge in [0, 0.05) is 53.4 Å². The molecular weight excluding hydrogens is 426 g/mol. The van der Waals surface area contributed by atoms with Crippen LogP contribution in [0.25, 0.3) is 0 Å². The van der Waals surface area contributed by atoms with Crippen molar-refractivity contribution in [1.29, 1.82) is 0 Å². The number of hydrogen-bond acceptors (Lipinski definition) is 5. The Kier molecular flexibility index (Phi) is 6.03. The number of phenols is 1. The predicted molar refractivity (Wildman–Crippen MR) is 134 cm³/mol. The first-order valence-corrected chi connectivity index (χ1v) is 12.2. The van der Waals surface area contributed by atoms with Crippen molar-refractivity contribution >= 4 is 11.6 Å². The zero-order valence-electron chi connectivity index (χ0n) is 21.4. The maximum absolute atomic E-state index is 13.7. The summed E-state index contributed by atoms with van der Waals surface area (Å²) < 4.78 is 5.50. The molecule has 182 valence electrons. The number of Topliss-reactive ketones (excluding diaryl/α,β-unsaturated/α-hetero) is 2. The molecule has 1 aromatic carbocycles. The number of carbonyl (C=O) groups is 2. The highest BCUT2D eigenvalue weighted by molar-refractivity contribution is 6.06. The van der Waals surface area contributed by atoms with Crippen molar-refractivity contribution < 1.29 is 19.4 Å². The molecule has 0 atom stereocenters. The van der Waals surface area contributed by atoms with Gasteiger partial charge in [0.05, 0.1) is 7.11 Å². The van der Waals surface area contributed by atoms with Gasteiger partial charge >= 0.3 is 0 Å². The van der Waals surface area contributed by atoms with Crippen molar-refractivity contribution in [3.63, 3.8) is 0 Å². The molecule has 4 rings (SSSR count). The molecule has 0 saturated carbocycles. The van der Waals surface area contributed by atoms with Crippen LogP contribution in [-0.4, -0.2) is 35.2 Å². The van der Waals surface area contributed by atoms with Crippen LogP contribution in [0, 0.1) is 10.8 Å². The summed E-state index contributed by atoms with van der Waals surface area (Å²) >= 11 is 0. The fourth-order valence-electron chi connectivity index (χ4n) is 6.09. The summed E-state index contributed by atoms with van der Waals surface area (Å²) in [7, 11) is 1.52. The van der Waals surface area contributed by atoms with E-state index in [1.54, 1.807) is 12.1 Å². The van der Waals surface area contributed by atoms with Gasteiger partial charge in [0.2, 0.25) is 0 Å². The standard InChI is InChI=1S/C29H37NO4/c1-8-10-17-11-18(12-23(34-7)27(17)33)24-25-19(13-28(3,4)15-21(25)31)30(9-2)20-14-29(5,6)16-22(32)26(20)24/h8,11-12,24,33H,1,9-10,13-16H2,2-7H3. The van der Waals surface area contributed by atoms with Crippen LogP contribution >= 0.6 is 0 Å². The van der Waals surface area contributed by atoms with E-state index in [2.05, 4.69) is 46.1 Å². The molecule has 3 aliphatic rings. The van der Waals surface area contributed by atoms with Crippen LogP contribution in [0.4, 0.5) is 0 Å². The van der Waals surface area contributed by atoms with E-state index in [1.807, 2.05) is 6.07 Å². The lowest BCUT2D eigenvalue weighted by Crippen LogP contribution is -2.44. The normalized spacial score (nSPS) is 22.0. The van der Waals surface area contributed by atoms with Gasteiger partial charge in [-0.15, -0.1) is 6.58 Å². The molecule has 2 aliphatic carbocycles. The van der Waals surface area contributed by atoms with Gasteiger partial charge in [0.15, 0.2) is 23.1 Å². The highest BCUT2D eigenvalue weighted by Crippen LogP contribution is 2.55. The molecule has 5 nitrogen and oxygen atoms in total. The number of methoxy groups -OCH3 is 1. The summed E-state index contributed by atoms with van der Waals surface area (Å²) in [6.07, 6.45) is 4.68. The number of phenolic OH excluding ortho intramolecular Hbond substituents is 1. The van der Waals surface area contributed by atoms with E-state index in [0.717, 1.165) is 47.5 Å². The first kappa shape index (κ1) is 24.3. The van der Waals surface area contributed by atoms with E-state index in [4.69, 9.17) is 4.74 Å². The van der Waals surface area contributed by atoms with Crippen LogP contribution in [0.1, 0.15) is 77.3 Å². The maximum atomic E-state index is 13.7. The third-order valence-electron chi connectivity index (χ3n) is 7.43. The lowest BCUT2D eigenvalue weighted by molar-refractivity contribution is -0.119. The zero-order valence-corrected chi connectivity index (χ0v) is 21.4. The van der Waals surface area contributed by atoms with E-state index in [0.29, 0.717) is 30.6 Å². The lowest BCUT2D eigenvalue weighted by atomic mass is 9.63. The number of hydrogen-bond donors (Lipinski definition) is 1. The Bertz CT molecular complexity index is 1080. The van der Waals surface area contributed by atoms with Gasteiger partial charge in [-0.2, -0.15) is 0 Å². The molecule has 0 saturated heterocycles. The molecule has 34 heavy (non-hydrogen) atoms. The van der Waals surface area contributed by atoms with Crippen molar-refractivity contribution in [2.24, 2.45) is 10.8 Å². The van der Waals surface area contributed by atoms with Gasteiger partial charge in [-0.3, -0.25) is 9.59 Å². The van der Waals surface area contributed by atoms with Crippen molar-refractivity contribution in [3.05, 3.63) is 58.5 Å². The summed E-state index contributed by atoms with van der Waals surface area (Å²) in [5.41, 5.74) is 4.81. The Balaban J connectivity index is 2.03. The van der Waals surface area contributed by atoms with Gasteiger partial charge in [0.25, 0.3) is 0 Å². The third kappa shape index (κ3) is 3.99. The van der Waals surface area contributed by atoms with Gasteiger partial charge < -0.3 is 14.7 Å². The minimum absolute atomic E-state index is 0.0766. The number of ether oxygens (including phenoxy) is 1. The average Bonchev–Trinajstić information content (AvgIpc) is 2.72. The largest absolute Gasteiger partial charge is 0.504 e. The number of aromatic hydroxyl groups is 1. The molecule has 1 aromatic rings. The first-order chi connectivity index (χ1) is 15.9. The van der Waals surface area contributed by atoms with E-state index >= 15 is 0 Å². The minimum Gasteiger partial charge on any atom is -0.504 e. The average molecular weight is 464 g/mol. The predicted octanol–water partition coefficient (Wildman–Crippen LogP) is 5.83. The Labute approximate surface area is 203 Å². The summed E-state index contributed by atoms with van der Waals surface area (Å²) in [5.74, 6) is 0.196. The molecular formula is C29H37NO4. The SMILES string of the molecule is C=CCc1cc(C2C3=C(CC(C)(C)CC3=O)N(CC)C3=C2C(=O)CC(C)(C)C3)cc(OC)c1O. The number of allylic oxidation sites excluding steroid dienone is 5. The number of benzene rings is 1. The van der Waals surface area contributed by atoms with Crippen molar-refractivity contribution in [2.45, 2.75) is 72.6 Å². The van der Waals surface area contributed by atoms with E-state index < -0.39 is 5.92 Å². The van der Waals surface area contributed by atoms with Crippen LogP contribution in [0.15, 0.2) is 47.3 Å². The quantitative estimate of drug-likeness (QED) is 0.556. The second-order valence-corrected chi connectivity index (χ2v) is 11.5. The molecule has 1 heterocycles. The minimum atomic E-state index is -0.446. The van der Waals surface area contributed by atoms with Crippen molar-refractivity contribution in [3.8, 4) is 11.5 Å². The second-order valence-electron chi connectivity index (χ2n) is 11.5. The van der Waals surface area contributed by atoms with Crippen LogP contribution in [0.3, 0.4) is 0 Å². The summed E-state index contributed by atoms with van der Waals surface area (Å²) in [6, 6.07) is 3.71. The summed E-state index contributed by atoms with van der Waals surface area (Å²) in [5, 5.41) is 10.7. The monoisotopic (exact) mass is 463 g/mol. The molecule has 5 heteroatoms. The van der Waals surface area contributed by atoms with Gasteiger partial charge in [0.1, 0.15) is 0 Å². The topological polar surface area (TPSA) is 66.8 Å². The number of nitrogens with zero attached hydrogens (tertiary/aromatic N) is 1. The third-order valence-corrected chi connectivity index (χ3v) is 7.43. The fraction of sp³-hybridized carbons (Fsp3) is 0.517. The molecule has 0 aromatic heterocycles. The van der Waals surface area contributed by atoms with Crippen LogP contribution in [0.5, 0.6) is 11.5 Å². The molecule has 0 spiro atoms. The van der Waals surface area contributed by atoms with Gasteiger partial charge in [-0.25, -0.2) is 0 Å². The molecule has 1 aliphatic heterocycles.